The molecule has 0 spiro atoms. The van der Waals surface area contributed by atoms with Gasteiger partial charge in [-0.3, -0.25) is 9.80 Å². The van der Waals surface area contributed by atoms with Crippen LogP contribution in [0.3, 0.4) is 0 Å². The van der Waals surface area contributed by atoms with Crippen LogP contribution in [0.2, 0.25) is 0 Å². The Bertz CT molecular complexity index is 757. The van der Waals surface area contributed by atoms with E-state index in [1.807, 2.05) is 36.4 Å². The lowest BCUT2D eigenvalue weighted by molar-refractivity contribution is -0.131. The van der Waals surface area contributed by atoms with Gasteiger partial charge < -0.3 is 5.32 Å². The fraction of sp³-hybridized carbons (Fsp3) is 0.250. The molecule has 4 heteroatoms. The van der Waals surface area contributed by atoms with E-state index in [0.717, 1.165) is 17.7 Å². The SMILES string of the molecule is CC1NN2C(=O)C=C(c3ccccc3)NC2C1Cc1ccccc1. The smallest absolute Gasteiger partial charge is 0.264 e. The Kier molecular flexibility index (Phi) is 3.82. The second-order valence-corrected chi connectivity index (χ2v) is 6.49. The Morgan fingerprint density at radius 2 is 1.67 bits per heavy atom. The zero-order valence-electron chi connectivity index (χ0n) is 13.6. The van der Waals surface area contributed by atoms with Crippen molar-refractivity contribution >= 4 is 11.6 Å². The van der Waals surface area contributed by atoms with Gasteiger partial charge in [0.2, 0.25) is 0 Å². The molecule has 3 atom stereocenters. The summed E-state index contributed by atoms with van der Waals surface area (Å²) < 4.78 is 0. The molecule has 0 aliphatic carbocycles. The molecule has 4 nitrogen and oxygen atoms in total. The van der Waals surface area contributed by atoms with E-state index in [-0.39, 0.29) is 18.1 Å². The fourth-order valence-electron chi connectivity index (χ4n) is 3.59. The number of nitrogens with one attached hydrogen (secondary N) is 2. The third-order valence-corrected chi connectivity index (χ3v) is 4.88. The topological polar surface area (TPSA) is 44.4 Å². The highest BCUT2D eigenvalue weighted by atomic mass is 16.2. The number of hydrogen-bond acceptors (Lipinski definition) is 3. The minimum Gasteiger partial charge on any atom is -0.363 e. The van der Waals surface area contributed by atoms with Crippen molar-refractivity contribution in [1.82, 2.24) is 15.8 Å². The van der Waals surface area contributed by atoms with Gasteiger partial charge in [0.15, 0.2) is 0 Å². The lowest BCUT2D eigenvalue weighted by Crippen LogP contribution is -2.53. The quantitative estimate of drug-likeness (QED) is 0.914. The van der Waals surface area contributed by atoms with Crippen LogP contribution in [0.1, 0.15) is 18.1 Å². The molecule has 2 aromatic carbocycles. The molecule has 1 fully saturated rings. The molecule has 2 N–H and O–H groups in total. The van der Waals surface area contributed by atoms with Crippen molar-refractivity contribution in [1.29, 1.82) is 0 Å². The predicted molar refractivity (Wildman–Crippen MR) is 94.4 cm³/mol. The van der Waals surface area contributed by atoms with Gasteiger partial charge >= 0.3 is 0 Å². The van der Waals surface area contributed by atoms with Crippen molar-refractivity contribution in [2.45, 2.75) is 25.6 Å². The van der Waals surface area contributed by atoms with Gasteiger partial charge in [-0.1, -0.05) is 60.7 Å². The number of rotatable bonds is 3. The average molecular weight is 319 g/mol. The summed E-state index contributed by atoms with van der Waals surface area (Å²) in [6, 6.07) is 20.7. The van der Waals surface area contributed by atoms with E-state index in [0.29, 0.717) is 5.92 Å². The number of carbonyl (C=O) groups excluding carboxylic acids is 1. The molecule has 0 bridgehead atoms. The van der Waals surface area contributed by atoms with E-state index in [9.17, 15) is 4.79 Å². The molecule has 0 radical (unpaired) electrons. The number of hydrazine groups is 1. The molecule has 0 aromatic heterocycles. The van der Waals surface area contributed by atoms with Gasteiger partial charge in [-0.2, -0.15) is 0 Å². The molecule has 1 amide bonds. The van der Waals surface area contributed by atoms with Crippen LogP contribution < -0.4 is 10.7 Å². The zero-order valence-corrected chi connectivity index (χ0v) is 13.6. The van der Waals surface area contributed by atoms with Gasteiger partial charge in [-0.05, 0) is 24.5 Å². The Balaban J connectivity index is 1.61. The highest BCUT2D eigenvalue weighted by Crippen LogP contribution is 2.29. The van der Waals surface area contributed by atoms with Gasteiger partial charge in [-0.15, -0.1) is 0 Å². The van der Waals surface area contributed by atoms with Crippen molar-refractivity contribution in [3.8, 4) is 0 Å². The number of hydrogen-bond donors (Lipinski definition) is 2. The van der Waals surface area contributed by atoms with Crippen LogP contribution in [-0.4, -0.2) is 23.1 Å². The van der Waals surface area contributed by atoms with Crippen molar-refractivity contribution < 1.29 is 4.79 Å². The summed E-state index contributed by atoms with van der Waals surface area (Å²) in [6.07, 6.45) is 2.57. The largest absolute Gasteiger partial charge is 0.363 e. The third kappa shape index (κ3) is 2.69. The molecule has 1 saturated heterocycles. The van der Waals surface area contributed by atoms with Crippen LogP contribution in [0.15, 0.2) is 66.7 Å². The van der Waals surface area contributed by atoms with Crippen LogP contribution in [-0.2, 0) is 11.2 Å². The third-order valence-electron chi connectivity index (χ3n) is 4.88. The molecule has 2 aliphatic heterocycles. The maximum Gasteiger partial charge on any atom is 0.264 e. The second-order valence-electron chi connectivity index (χ2n) is 6.49. The molecular formula is C20H21N3O. The molecule has 2 aliphatic rings. The molecule has 3 unspecified atom stereocenters. The van der Waals surface area contributed by atoms with E-state index in [2.05, 4.69) is 41.9 Å². The Morgan fingerprint density at radius 1 is 1.00 bits per heavy atom. The van der Waals surface area contributed by atoms with Gasteiger partial charge in [0.05, 0.1) is 0 Å². The van der Waals surface area contributed by atoms with E-state index >= 15 is 0 Å². The van der Waals surface area contributed by atoms with Crippen molar-refractivity contribution in [3.05, 3.63) is 77.9 Å². The summed E-state index contributed by atoms with van der Waals surface area (Å²) in [7, 11) is 0. The summed E-state index contributed by atoms with van der Waals surface area (Å²) in [6.45, 7) is 2.14. The number of nitrogens with zero attached hydrogens (tertiary/aromatic N) is 1. The number of carbonyl (C=O) groups is 1. The Labute approximate surface area is 142 Å². The minimum absolute atomic E-state index is 0.0139. The van der Waals surface area contributed by atoms with Crippen LogP contribution in [0.5, 0.6) is 0 Å². The van der Waals surface area contributed by atoms with Crippen molar-refractivity contribution in [2.24, 2.45) is 5.92 Å². The molecule has 122 valence electrons. The highest BCUT2D eigenvalue weighted by Gasteiger charge is 2.43. The van der Waals surface area contributed by atoms with Crippen LogP contribution in [0, 0.1) is 5.92 Å². The standard InChI is InChI=1S/C20H21N3O/c1-14-17(12-15-8-4-2-5-9-15)20-21-18(13-19(24)23(20)22-14)16-10-6-3-7-11-16/h2-11,13-14,17,20-22H,12H2,1H3. The van der Waals surface area contributed by atoms with E-state index in [1.54, 1.807) is 11.1 Å². The minimum atomic E-state index is -0.0343. The zero-order chi connectivity index (χ0) is 16.5. The Morgan fingerprint density at radius 3 is 2.38 bits per heavy atom. The van der Waals surface area contributed by atoms with Crippen LogP contribution in [0.25, 0.3) is 5.70 Å². The molecule has 4 rings (SSSR count). The molecule has 2 heterocycles. The average Bonchev–Trinajstić information content (AvgIpc) is 2.93. The van der Waals surface area contributed by atoms with Gasteiger partial charge in [0, 0.05) is 23.7 Å². The van der Waals surface area contributed by atoms with Gasteiger partial charge in [0.1, 0.15) is 6.17 Å². The molecule has 2 aromatic rings. The fourth-order valence-corrected chi connectivity index (χ4v) is 3.59. The summed E-state index contributed by atoms with van der Waals surface area (Å²) in [4.78, 5) is 12.6. The first kappa shape index (κ1) is 15.0. The highest BCUT2D eigenvalue weighted by molar-refractivity contribution is 5.96. The van der Waals surface area contributed by atoms with E-state index < -0.39 is 0 Å². The first-order valence-electron chi connectivity index (χ1n) is 8.39. The summed E-state index contributed by atoms with van der Waals surface area (Å²) >= 11 is 0. The lowest BCUT2D eigenvalue weighted by atomic mass is 9.91. The van der Waals surface area contributed by atoms with Crippen LogP contribution >= 0.6 is 0 Å². The van der Waals surface area contributed by atoms with E-state index in [4.69, 9.17) is 0 Å². The molecular weight excluding hydrogens is 298 g/mol. The van der Waals surface area contributed by atoms with Crippen molar-refractivity contribution in [2.75, 3.05) is 0 Å². The number of amides is 1. The number of fused-ring (bicyclic) bond motifs is 1. The predicted octanol–water partition coefficient (Wildman–Crippen LogP) is 2.55. The normalized spacial score (nSPS) is 25.9. The van der Waals surface area contributed by atoms with E-state index in [1.165, 1.54) is 5.56 Å². The number of benzene rings is 2. The first-order chi connectivity index (χ1) is 11.7. The summed E-state index contributed by atoms with van der Waals surface area (Å²) in [5.41, 5.74) is 6.56. The van der Waals surface area contributed by atoms with Gasteiger partial charge in [-0.25, -0.2) is 5.43 Å². The second kappa shape index (κ2) is 6.13. The van der Waals surface area contributed by atoms with Crippen LogP contribution in [0.4, 0.5) is 0 Å². The summed E-state index contributed by atoms with van der Waals surface area (Å²) in [5.74, 6) is 0.323. The lowest BCUT2D eigenvalue weighted by Gasteiger charge is -2.33. The monoisotopic (exact) mass is 319 g/mol. The first-order valence-corrected chi connectivity index (χ1v) is 8.39. The maximum absolute atomic E-state index is 12.6. The van der Waals surface area contributed by atoms with Gasteiger partial charge in [0.25, 0.3) is 5.91 Å². The maximum atomic E-state index is 12.6. The van der Waals surface area contributed by atoms with Crippen molar-refractivity contribution in [3.63, 3.8) is 0 Å². The summed E-state index contributed by atoms with van der Waals surface area (Å²) in [5, 5.41) is 5.31. The Hall–Kier alpha value is -2.59. The molecule has 24 heavy (non-hydrogen) atoms. The molecule has 0 saturated carbocycles.